The molecule has 4 N–H and O–H groups in total. The Balaban J connectivity index is 2.36. The van der Waals surface area contributed by atoms with E-state index >= 15 is 0 Å². The van der Waals surface area contributed by atoms with Gasteiger partial charge in [0.05, 0.1) is 12.2 Å². The molecule has 2 aromatic rings. The molecular weight excluding hydrogens is 256 g/mol. The minimum absolute atomic E-state index is 0.300. The molecule has 20 heavy (non-hydrogen) atoms. The van der Waals surface area contributed by atoms with E-state index in [1.165, 1.54) is 0 Å². The summed E-state index contributed by atoms with van der Waals surface area (Å²) in [6.07, 6.45) is 0. The van der Waals surface area contributed by atoms with E-state index in [2.05, 4.69) is 0 Å². The smallest absolute Gasteiger partial charge is 0.252 e. The number of benzene rings is 2. The summed E-state index contributed by atoms with van der Waals surface area (Å²) >= 11 is 0. The molecule has 0 bridgehead atoms. The number of primary amides is 1. The Morgan fingerprint density at radius 3 is 2.40 bits per heavy atom. The highest BCUT2D eigenvalue weighted by Crippen LogP contribution is 2.35. The van der Waals surface area contributed by atoms with Gasteiger partial charge in [0.2, 0.25) is 0 Å². The Kier molecular flexibility index (Phi) is 4.10. The fourth-order valence-electron chi connectivity index (χ4n) is 1.77. The molecule has 0 radical (unpaired) electrons. The second kappa shape index (κ2) is 5.97. The van der Waals surface area contributed by atoms with Crippen molar-refractivity contribution in [1.29, 1.82) is 0 Å². The first-order valence-corrected chi connectivity index (χ1v) is 6.21. The molecule has 2 aromatic carbocycles. The molecule has 5 nitrogen and oxygen atoms in total. The molecule has 0 aliphatic heterocycles. The van der Waals surface area contributed by atoms with Gasteiger partial charge in [-0.15, -0.1) is 0 Å². The summed E-state index contributed by atoms with van der Waals surface area (Å²) in [5.41, 5.74) is 12.0. The first kappa shape index (κ1) is 13.7. The van der Waals surface area contributed by atoms with Gasteiger partial charge in [0, 0.05) is 0 Å². The molecule has 1 amide bonds. The quantitative estimate of drug-likeness (QED) is 0.819. The number of carbonyl (C=O) groups is 1. The van der Waals surface area contributed by atoms with Crippen molar-refractivity contribution in [2.75, 3.05) is 12.3 Å². The van der Waals surface area contributed by atoms with Crippen LogP contribution in [0.3, 0.4) is 0 Å². The van der Waals surface area contributed by atoms with Crippen molar-refractivity contribution in [2.45, 2.75) is 6.92 Å². The minimum Gasteiger partial charge on any atom is -0.492 e. The summed E-state index contributed by atoms with van der Waals surface area (Å²) in [7, 11) is 0. The molecule has 0 spiro atoms. The number of anilines is 1. The van der Waals surface area contributed by atoms with Gasteiger partial charge in [-0.3, -0.25) is 4.79 Å². The third-order valence-corrected chi connectivity index (χ3v) is 2.70. The molecule has 0 aliphatic rings. The Morgan fingerprint density at radius 1 is 1.05 bits per heavy atom. The van der Waals surface area contributed by atoms with Gasteiger partial charge < -0.3 is 20.9 Å². The minimum atomic E-state index is -0.555. The van der Waals surface area contributed by atoms with Crippen molar-refractivity contribution in [2.24, 2.45) is 5.73 Å². The van der Waals surface area contributed by atoms with Gasteiger partial charge in [-0.2, -0.15) is 0 Å². The molecule has 0 unspecified atom stereocenters. The molecule has 0 heterocycles. The predicted octanol–water partition coefficient (Wildman–Crippen LogP) is 2.56. The fraction of sp³-hybridized carbons (Fsp3) is 0.133. The van der Waals surface area contributed by atoms with Crippen LogP contribution < -0.4 is 20.9 Å². The second-order valence-corrected chi connectivity index (χ2v) is 4.06. The normalized spacial score (nSPS) is 10.1. The number of hydrogen-bond donors (Lipinski definition) is 2. The average molecular weight is 272 g/mol. The van der Waals surface area contributed by atoms with E-state index in [-0.39, 0.29) is 0 Å². The van der Waals surface area contributed by atoms with Crippen molar-refractivity contribution in [3.8, 4) is 17.2 Å². The van der Waals surface area contributed by atoms with Crippen molar-refractivity contribution >= 4 is 11.6 Å². The summed E-state index contributed by atoms with van der Waals surface area (Å²) in [5.74, 6) is 0.770. The molecule has 0 aromatic heterocycles. The number of para-hydroxylation sites is 2. The van der Waals surface area contributed by atoms with Gasteiger partial charge in [0.25, 0.3) is 5.91 Å². The van der Waals surface area contributed by atoms with Gasteiger partial charge in [0.15, 0.2) is 5.75 Å². The Hall–Kier alpha value is -2.69. The summed E-state index contributed by atoms with van der Waals surface area (Å²) in [5, 5.41) is 0. The molecule has 2 rings (SSSR count). The summed E-state index contributed by atoms with van der Waals surface area (Å²) in [6, 6.07) is 12.0. The number of nitrogen functional groups attached to an aromatic ring is 1. The zero-order valence-corrected chi connectivity index (χ0v) is 11.1. The van der Waals surface area contributed by atoms with Crippen LogP contribution in [0.2, 0.25) is 0 Å². The van der Waals surface area contributed by atoms with E-state index in [1.54, 1.807) is 42.5 Å². The number of nitrogens with two attached hydrogens (primary N) is 2. The first-order chi connectivity index (χ1) is 9.63. The van der Waals surface area contributed by atoms with Gasteiger partial charge in [0.1, 0.15) is 17.2 Å². The van der Waals surface area contributed by atoms with Crippen LogP contribution in [0.25, 0.3) is 0 Å². The average Bonchev–Trinajstić information content (AvgIpc) is 2.44. The van der Waals surface area contributed by atoms with Crippen LogP contribution in [-0.2, 0) is 0 Å². The lowest BCUT2D eigenvalue weighted by Crippen LogP contribution is -2.12. The van der Waals surface area contributed by atoms with Crippen molar-refractivity contribution in [1.82, 2.24) is 0 Å². The van der Waals surface area contributed by atoms with Crippen LogP contribution in [0.1, 0.15) is 17.3 Å². The molecule has 0 fully saturated rings. The third kappa shape index (κ3) is 2.83. The molecule has 0 aliphatic carbocycles. The molecule has 0 saturated heterocycles. The van der Waals surface area contributed by atoms with E-state index in [1.807, 2.05) is 6.92 Å². The molecule has 104 valence electrons. The van der Waals surface area contributed by atoms with Crippen LogP contribution in [0.5, 0.6) is 17.2 Å². The van der Waals surface area contributed by atoms with Crippen LogP contribution in [0.4, 0.5) is 5.69 Å². The number of amides is 1. The highest BCUT2D eigenvalue weighted by Gasteiger charge is 2.12. The lowest BCUT2D eigenvalue weighted by atomic mass is 10.2. The predicted molar refractivity (Wildman–Crippen MR) is 77.1 cm³/mol. The number of ether oxygens (including phenoxy) is 2. The summed E-state index contributed by atoms with van der Waals surface area (Å²) in [6.45, 7) is 2.38. The Bertz CT molecular complexity index is 626. The van der Waals surface area contributed by atoms with Crippen LogP contribution in [0, 0.1) is 0 Å². The molecule has 5 heteroatoms. The second-order valence-electron chi connectivity index (χ2n) is 4.06. The van der Waals surface area contributed by atoms with Crippen molar-refractivity contribution in [3.63, 3.8) is 0 Å². The summed E-state index contributed by atoms with van der Waals surface area (Å²) in [4.78, 5) is 11.4. The highest BCUT2D eigenvalue weighted by molar-refractivity contribution is 5.95. The van der Waals surface area contributed by atoms with Crippen LogP contribution >= 0.6 is 0 Å². The maximum absolute atomic E-state index is 11.4. The topological polar surface area (TPSA) is 87.6 Å². The van der Waals surface area contributed by atoms with Crippen molar-refractivity contribution in [3.05, 3.63) is 48.0 Å². The Labute approximate surface area is 117 Å². The van der Waals surface area contributed by atoms with Crippen molar-refractivity contribution < 1.29 is 14.3 Å². The maximum atomic E-state index is 11.4. The zero-order valence-electron chi connectivity index (χ0n) is 11.1. The lowest BCUT2D eigenvalue weighted by molar-refractivity contribution is 0.0998. The molecule has 0 saturated carbocycles. The van der Waals surface area contributed by atoms with E-state index in [0.29, 0.717) is 35.1 Å². The lowest BCUT2D eigenvalue weighted by Gasteiger charge is -2.13. The third-order valence-electron chi connectivity index (χ3n) is 2.70. The monoisotopic (exact) mass is 272 g/mol. The maximum Gasteiger partial charge on any atom is 0.252 e. The zero-order chi connectivity index (χ0) is 14.5. The van der Waals surface area contributed by atoms with Crippen LogP contribution in [-0.4, -0.2) is 12.5 Å². The number of hydrogen-bond acceptors (Lipinski definition) is 4. The van der Waals surface area contributed by atoms with E-state index in [4.69, 9.17) is 20.9 Å². The molecular formula is C15H16N2O3. The first-order valence-electron chi connectivity index (χ1n) is 6.21. The highest BCUT2D eigenvalue weighted by atomic mass is 16.5. The van der Waals surface area contributed by atoms with E-state index in [0.717, 1.165) is 0 Å². The van der Waals surface area contributed by atoms with Gasteiger partial charge in [-0.1, -0.05) is 18.2 Å². The largest absolute Gasteiger partial charge is 0.492 e. The fourth-order valence-corrected chi connectivity index (χ4v) is 1.77. The SMILES string of the molecule is CCOc1cccc(Oc2ccccc2C(N)=O)c1N. The van der Waals surface area contributed by atoms with Gasteiger partial charge >= 0.3 is 0 Å². The summed E-state index contributed by atoms with van der Waals surface area (Å²) < 4.78 is 11.1. The van der Waals surface area contributed by atoms with Gasteiger partial charge in [-0.05, 0) is 31.2 Å². The van der Waals surface area contributed by atoms with Crippen LogP contribution in [0.15, 0.2) is 42.5 Å². The molecule has 0 atom stereocenters. The van der Waals surface area contributed by atoms with E-state index < -0.39 is 5.91 Å². The number of carbonyl (C=O) groups excluding carboxylic acids is 1. The Morgan fingerprint density at radius 2 is 1.70 bits per heavy atom. The van der Waals surface area contributed by atoms with E-state index in [9.17, 15) is 4.79 Å². The number of rotatable bonds is 5. The van der Waals surface area contributed by atoms with Gasteiger partial charge in [-0.25, -0.2) is 0 Å². The standard InChI is InChI=1S/C15H16N2O3/c1-2-19-12-8-5-9-13(14(12)16)20-11-7-4-3-6-10(11)15(17)18/h3-9H,2,16H2,1H3,(H2,17,18).